The van der Waals surface area contributed by atoms with E-state index in [-0.39, 0.29) is 29.0 Å². The molecule has 7 rings (SSSR count). The summed E-state index contributed by atoms with van der Waals surface area (Å²) in [5.41, 5.74) is 0.209. The first kappa shape index (κ1) is 30.3. The van der Waals surface area contributed by atoms with Crippen LogP contribution in [-0.4, -0.2) is 93.6 Å². The number of hydrogen-bond acceptors (Lipinski definition) is 9. The van der Waals surface area contributed by atoms with Crippen LogP contribution in [0.25, 0.3) is 0 Å². The first-order valence-electron chi connectivity index (χ1n) is 16.9. The average Bonchev–Trinajstić information content (AvgIpc) is 3.41. The fraction of sp³-hybridized carbons (Fsp3) is 1.00. The first-order valence-corrected chi connectivity index (χ1v) is 16.9. The quantitative estimate of drug-likeness (QED) is 0.312. The van der Waals surface area contributed by atoms with E-state index in [1.165, 1.54) is 19.3 Å². The highest BCUT2D eigenvalue weighted by atomic mass is 16.7. The zero-order valence-corrected chi connectivity index (χ0v) is 25.8. The molecule has 3 saturated heterocycles. The highest BCUT2D eigenvalue weighted by Gasteiger charge is 2.70. The maximum Gasteiger partial charge on any atom is 0.186 e. The lowest BCUT2D eigenvalue weighted by molar-refractivity contribution is -0.317. The van der Waals surface area contributed by atoms with E-state index in [1.54, 1.807) is 0 Å². The van der Waals surface area contributed by atoms with Gasteiger partial charge in [-0.3, -0.25) is 0 Å². The summed E-state index contributed by atoms with van der Waals surface area (Å²) in [4.78, 5) is 0. The molecule has 42 heavy (non-hydrogen) atoms. The lowest BCUT2D eigenvalue weighted by Gasteiger charge is -2.62. The van der Waals surface area contributed by atoms with Gasteiger partial charge in [0.05, 0.1) is 31.5 Å². The third kappa shape index (κ3) is 4.35. The van der Waals surface area contributed by atoms with Gasteiger partial charge in [-0.05, 0) is 97.7 Å². The lowest BCUT2D eigenvalue weighted by Crippen LogP contribution is -2.61. The summed E-state index contributed by atoms with van der Waals surface area (Å²) < 4.78 is 25.2. The van der Waals surface area contributed by atoms with Gasteiger partial charge in [0.1, 0.15) is 24.4 Å². The molecule has 18 atom stereocenters. The van der Waals surface area contributed by atoms with Gasteiger partial charge in [0, 0.05) is 12.3 Å². The molecule has 4 saturated carbocycles. The second kappa shape index (κ2) is 10.6. The molecule has 3 heterocycles. The van der Waals surface area contributed by atoms with Crippen molar-refractivity contribution in [2.45, 2.75) is 140 Å². The number of aliphatic hydroxyl groups is 5. The number of rotatable bonds is 3. The standard InChI is InChI=1S/C33H54O9/c1-16-5-10-33(39-15-16)17(2)26-24(42-33)13-21-19-12-23(35)22-11-18(6-8-31(22,3)20(19)7-9-32(21,26)4)40-30-29(38)28(37)27(36)25(14-34)41-30/h16-30,34-38H,5-15H2,1-4H3/t16-,17+,18+,19-,20+,21+,22-,23+,24+,25-,26+,27-,28+,29-,30-,31-,32+,33-/m1/s1. The molecule has 0 amide bonds. The molecule has 240 valence electrons. The monoisotopic (exact) mass is 594 g/mol. The SMILES string of the molecule is C[C@@H]1CC[C@@]2(OC1)O[C@H]1C[C@H]3[C@@H]4C[C@H](O)[C@H]5C[C@@H](O[C@@H]6O[C@H](CO)[C@@H](O)[C@H](O)[C@H]6O)CC[C@]5(C)[C@H]4CC[C@]3(C)[C@H]1[C@@H]2C. The Morgan fingerprint density at radius 3 is 2.29 bits per heavy atom. The van der Waals surface area contributed by atoms with Crippen LogP contribution in [0.3, 0.4) is 0 Å². The predicted octanol–water partition coefficient (Wildman–Crippen LogP) is 2.59. The average molecular weight is 595 g/mol. The van der Waals surface area contributed by atoms with Crippen molar-refractivity contribution in [2.24, 2.45) is 52.3 Å². The van der Waals surface area contributed by atoms with E-state index in [1.807, 2.05) is 0 Å². The molecule has 7 aliphatic rings. The Labute approximate surface area is 250 Å². The summed E-state index contributed by atoms with van der Waals surface area (Å²) in [6, 6.07) is 0. The third-order valence-corrected chi connectivity index (χ3v) is 14.1. The Kier molecular flexibility index (Phi) is 7.64. The lowest BCUT2D eigenvalue weighted by atomic mass is 9.43. The number of ether oxygens (including phenoxy) is 4. The maximum atomic E-state index is 11.7. The second-order valence-electron chi connectivity index (χ2n) is 16.0. The predicted molar refractivity (Wildman–Crippen MR) is 152 cm³/mol. The van der Waals surface area contributed by atoms with Crippen LogP contribution in [0, 0.1) is 52.3 Å². The normalized spacial score (nSPS) is 60.9. The van der Waals surface area contributed by atoms with E-state index < -0.39 is 49.2 Å². The van der Waals surface area contributed by atoms with E-state index in [0.29, 0.717) is 41.9 Å². The van der Waals surface area contributed by atoms with Gasteiger partial charge in [0.2, 0.25) is 0 Å². The van der Waals surface area contributed by atoms with Crippen LogP contribution in [0.1, 0.15) is 85.5 Å². The Bertz CT molecular complexity index is 1000. The van der Waals surface area contributed by atoms with Crippen LogP contribution in [0.5, 0.6) is 0 Å². The number of hydrogen-bond donors (Lipinski definition) is 5. The highest BCUT2D eigenvalue weighted by Crippen LogP contribution is 2.71. The van der Waals surface area contributed by atoms with Crippen LogP contribution >= 0.6 is 0 Å². The molecule has 7 fully saturated rings. The van der Waals surface area contributed by atoms with E-state index in [0.717, 1.165) is 38.7 Å². The van der Waals surface area contributed by atoms with E-state index in [4.69, 9.17) is 18.9 Å². The van der Waals surface area contributed by atoms with E-state index >= 15 is 0 Å². The van der Waals surface area contributed by atoms with Crippen molar-refractivity contribution in [3.8, 4) is 0 Å². The van der Waals surface area contributed by atoms with Gasteiger partial charge in [0.15, 0.2) is 12.1 Å². The molecular formula is C33H54O9. The van der Waals surface area contributed by atoms with Gasteiger partial charge in [-0.25, -0.2) is 0 Å². The molecular weight excluding hydrogens is 540 g/mol. The molecule has 4 aliphatic carbocycles. The Morgan fingerprint density at radius 1 is 0.810 bits per heavy atom. The summed E-state index contributed by atoms with van der Waals surface area (Å²) >= 11 is 0. The summed E-state index contributed by atoms with van der Waals surface area (Å²) in [7, 11) is 0. The fourth-order valence-corrected chi connectivity index (χ4v) is 11.8. The van der Waals surface area contributed by atoms with Crippen molar-refractivity contribution in [1.29, 1.82) is 0 Å². The Balaban J connectivity index is 1.05. The number of fused-ring (bicyclic) bond motifs is 7. The molecule has 0 radical (unpaired) electrons. The molecule has 0 bridgehead atoms. The van der Waals surface area contributed by atoms with Crippen molar-refractivity contribution in [3.63, 3.8) is 0 Å². The van der Waals surface area contributed by atoms with Gasteiger partial charge in [0.25, 0.3) is 0 Å². The fourth-order valence-electron chi connectivity index (χ4n) is 11.8. The van der Waals surface area contributed by atoms with Crippen molar-refractivity contribution in [2.75, 3.05) is 13.2 Å². The van der Waals surface area contributed by atoms with Crippen molar-refractivity contribution >= 4 is 0 Å². The van der Waals surface area contributed by atoms with Crippen molar-refractivity contribution in [3.05, 3.63) is 0 Å². The minimum absolute atomic E-state index is 0.00686. The maximum absolute atomic E-state index is 11.7. The molecule has 0 unspecified atom stereocenters. The minimum atomic E-state index is -1.45. The first-order chi connectivity index (χ1) is 19.9. The van der Waals surface area contributed by atoms with Crippen molar-refractivity contribution < 1.29 is 44.5 Å². The number of aliphatic hydroxyl groups excluding tert-OH is 5. The van der Waals surface area contributed by atoms with Gasteiger partial charge in [-0.1, -0.05) is 27.7 Å². The molecule has 1 spiro atoms. The van der Waals surface area contributed by atoms with Gasteiger partial charge in [-0.2, -0.15) is 0 Å². The topological polar surface area (TPSA) is 138 Å². The van der Waals surface area contributed by atoms with Crippen LogP contribution in [0.2, 0.25) is 0 Å². The molecule has 3 aliphatic heterocycles. The highest BCUT2D eigenvalue weighted by molar-refractivity contribution is 5.16. The zero-order valence-electron chi connectivity index (χ0n) is 25.8. The summed E-state index contributed by atoms with van der Waals surface area (Å²) in [5, 5.41) is 52.2. The van der Waals surface area contributed by atoms with Gasteiger partial charge < -0.3 is 44.5 Å². The minimum Gasteiger partial charge on any atom is -0.394 e. The van der Waals surface area contributed by atoms with Crippen LogP contribution < -0.4 is 0 Å². The molecule has 9 heteroatoms. The van der Waals surface area contributed by atoms with Gasteiger partial charge in [-0.15, -0.1) is 0 Å². The smallest absolute Gasteiger partial charge is 0.186 e. The van der Waals surface area contributed by atoms with Crippen LogP contribution in [0.4, 0.5) is 0 Å². The van der Waals surface area contributed by atoms with E-state index in [9.17, 15) is 25.5 Å². The summed E-state index contributed by atoms with van der Waals surface area (Å²) in [6.07, 6.45) is 2.02. The molecule has 0 aromatic heterocycles. The molecule has 9 nitrogen and oxygen atoms in total. The largest absolute Gasteiger partial charge is 0.394 e. The Morgan fingerprint density at radius 2 is 1.57 bits per heavy atom. The van der Waals surface area contributed by atoms with E-state index in [2.05, 4.69) is 27.7 Å². The van der Waals surface area contributed by atoms with Crippen LogP contribution in [-0.2, 0) is 18.9 Å². The molecule has 5 N–H and O–H groups in total. The molecule has 0 aromatic rings. The third-order valence-electron chi connectivity index (χ3n) is 14.1. The van der Waals surface area contributed by atoms with Crippen LogP contribution in [0.15, 0.2) is 0 Å². The zero-order chi connectivity index (χ0) is 29.8. The second-order valence-corrected chi connectivity index (χ2v) is 16.0. The van der Waals surface area contributed by atoms with Gasteiger partial charge >= 0.3 is 0 Å². The van der Waals surface area contributed by atoms with Crippen molar-refractivity contribution in [1.82, 2.24) is 0 Å². The Hall–Kier alpha value is -0.360. The summed E-state index contributed by atoms with van der Waals surface area (Å²) in [5.74, 6) is 2.73. The molecule has 0 aromatic carbocycles. The summed E-state index contributed by atoms with van der Waals surface area (Å²) in [6.45, 7) is 9.88.